The van der Waals surface area contributed by atoms with Crippen LogP contribution in [0.3, 0.4) is 0 Å². The van der Waals surface area contributed by atoms with Gasteiger partial charge in [-0.25, -0.2) is 4.98 Å². The van der Waals surface area contributed by atoms with E-state index in [9.17, 15) is 9.90 Å². The molecule has 4 rings (SSSR count). The lowest BCUT2D eigenvalue weighted by Crippen LogP contribution is -2.35. The summed E-state index contributed by atoms with van der Waals surface area (Å²) in [5, 5.41) is 12.9. The Balaban J connectivity index is 1.53. The number of hydrogen-bond donors (Lipinski definition) is 3. The minimum absolute atomic E-state index is 0.150. The van der Waals surface area contributed by atoms with Crippen LogP contribution in [0.15, 0.2) is 12.1 Å². The van der Waals surface area contributed by atoms with Gasteiger partial charge < -0.3 is 19.6 Å². The predicted molar refractivity (Wildman–Crippen MR) is 106 cm³/mol. The van der Waals surface area contributed by atoms with Gasteiger partial charge in [-0.15, -0.1) is 0 Å². The van der Waals surface area contributed by atoms with Crippen LogP contribution in [-0.4, -0.2) is 71.4 Å². The Morgan fingerprint density at radius 3 is 2.93 bits per heavy atom. The third-order valence-corrected chi connectivity index (χ3v) is 5.67. The summed E-state index contributed by atoms with van der Waals surface area (Å²) in [5.74, 6) is 1.36. The number of ether oxygens (including phenoxy) is 2. The van der Waals surface area contributed by atoms with Gasteiger partial charge in [0.25, 0.3) is 0 Å². The maximum Gasteiger partial charge on any atom is 0.240 e. The third-order valence-electron chi connectivity index (χ3n) is 5.67. The summed E-state index contributed by atoms with van der Waals surface area (Å²) in [6, 6.07) is 4.01. The number of benzene rings is 1. The molecule has 2 aliphatic heterocycles. The zero-order chi connectivity index (χ0) is 19.7. The van der Waals surface area contributed by atoms with Gasteiger partial charge in [-0.05, 0) is 43.7 Å². The van der Waals surface area contributed by atoms with Gasteiger partial charge in [0, 0.05) is 26.3 Å². The van der Waals surface area contributed by atoms with Crippen molar-refractivity contribution in [2.24, 2.45) is 0 Å². The lowest BCUT2D eigenvalue weighted by Gasteiger charge is -2.22. The van der Waals surface area contributed by atoms with E-state index in [1.807, 2.05) is 11.0 Å². The first-order valence-corrected chi connectivity index (χ1v) is 9.84. The first kappa shape index (κ1) is 19.2. The average molecular weight is 388 g/mol. The number of likely N-dealkylation sites (tertiary alicyclic amines) is 1. The van der Waals surface area contributed by atoms with Crippen LogP contribution in [0.5, 0.6) is 5.75 Å². The fraction of sp³-hybridized carbons (Fsp3) is 0.600. The molecule has 3 heterocycles. The van der Waals surface area contributed by atoms with Crippen molar-refractivity contribution in [1.29, 1.82) is 0 Å². The average Bonchev–Trinajstić information content (AvgIpc) is 3.23. The van der Waals surface area contributed by atoms with Gasteiger partial charge >= 0.3 is 0 Å². The second-order valence-electron chi connectivity index (χ2n) is 8.06. The third kappa shape index (κ3) is 3.99. The number of aromatic amines is 1. The quantitative estimate of drug-likeness (QED) is 0.723. The Morgan fingerprint density at radius 1 is 1.46 bits per heavy atom. The highest BCUT2D eigenvalue weighted by atomic mass is 16.5. The molecule has 8 heteroatoms. The Kier molecular flexibility index (Phi) is 5.27. The minimum atomic E-state index is -0.717. The maximum absolute atomic E-state index is 12.5. The molecule has 1 atom stereocenters. The molecule has 3 N–H and O–H groups in total. The normalized spacial score (nSPS) is 24.0. The molecular formula is C20H28N4O4. The van der Waals surface area contributed by atoms with Crippen molar-refractivity contribution in [1.82, 2.24) is 14.9 Å². The summed E-state index contributed by atoms with van der Waals surface area (Å²) >= 11 is 0. The van der Waals surface area contributed by atoms with Gasteiger partial charge in [0.1, 0.15) is 11.3 Å². The molecule has 0 unspecified atom stereocenters. The molecule has 1 amide bonds. The molecule has 0 saturated carbocycles. The molecule has 1 aromatic heterocycles. The summed E-state index contributed by atoms with van der Waals surface area (Å²) in [4.78, 5) is 22.3. The second kappa shape index (κ2) is 7.69. The Hall–Kier alpha value is -2.16. The molecule has 152 valence electrons. The number of rotatable bonds is 5. The van der Waals surface area contributed by atoms with Gasteiger partial charge in [0.05, 0.1) is 24.8 Å². The van der Waals surface area contributed by atoms with E-state index in [1.54, 1.807) is 14.0 Å². The van der Waals surface area contributed by atoms with Crippen LogP contribution in [0.1, 0.15) is 37.7 Å². The van der Waals surface area contributed by atoms with Crippen LogP contribution in [0.2, 0.25) is 0 Å². The van der Waals surface area contributed by atoms with Gasteiger partial charge in [0.2, 0.25) is 11.9 Å². The van der Waals surface area contributed by atoms with Crippen molar-refractivity contribution < 1.29 is 19.4 Å². The fourth-order valence-corrected chi connectivity index (χ4v) is 4.20. The van der Waals surface area contributed by atoms with Crippen molar-refractivity contribution in [2.45, 2.75) is 37.7 Å². The highest BCUT2D eigenvalue weighted by Gasteiger charge is 2.32. The predicted octanol–water partition coefficient (Wildman–Crippen LogP) is 1.86. The molecule has 28 heavy (non-hydrogen) atoms. The molecule has 0 radical (unpaired) electrons. The topological polar surface area (TPSA) is 99.7 Å². The number of aliphatic hydroxyl groups is 1. The first-order chi connectivity index (χ1) is 13.4. The molecule has 2 aliphatic rings. The van der Waals surface area contributed by atoms with Gasteiger partial charge in [-0.1, -0.05) is 6.07 Å². The summed E-state index contributed by atoms with van der Waals surface area (Å²) in [7, 11) is 1.63. The number of amides is 1. The van der Waals surface area contributed by atoms with Crippen molar-refractivity contribution in [2.75, 3.05) is 45.3 Å². The van der Waals surface area contributed by atoms with Gasteiger partial charge in [-0.2, -0.15) is 0 Å². The number of β-amino-alcohol motifs (C(OH)–C–C–N with tert-alkyl or cyclic N) is 1. The number of anilines is 1. The van der Waals surface area contributed by atoms with Crippen LogP contribution in [0, 0.1) is 0 Å². The van der Waals surface area contributed by atoms with E-state index in [4.69, 9.17) is 9.47 Å². The highest BCUT2D eigenvalue weighted by Crippen LogP contribution is 2.36. The van der Waals surface area contributed by atoms with E-state index in [2.05, 4.69) is 21.4 Å². The Bertz CT molecular complexity index is 857. The monoisotopic (exact) mass is 388 g/mol. The zero-order valence-corrected chi connectivity index (χ0v) is 16.5. The second-order valence-corrected chi connectivity index (χ2v) is 8.06. The summed E-state index contributed by atoms with van der Waals surface area (Å²) in [6.45, 7) is 4.76. The van der Waals surface area contributed by atoms with Gasteiger partial charge in [0.15, 0.2) is 0 Å². The highest BCUT2D eigenvalue weighted by molar-refractivity contribution is 5.94. The lowest BCUT2D eigenvalue weighted by atomic mass is 9.90. The van der Waals surface area contributed by atoms with Crippen LogP contribution in [0.25, 0.3) is 11.0 Å². The number of H-pyrrole nitrogens is 1. The SMILES string of the molecule is COc1ccc(C2CCOCC2)c2nc(NC(=O)CN3CC[C@@](C)(O)C3)[nH]c12. The Labute approximate surface area is 164 Å². The van der Waals surface area contributed by atoms with Crippen LogP contribution >= 0.6 is 0 Å². The summed E-state index contributed by atoms with van der Waals surface area (Å²) < 4.78 is 11.0. The molecule has 2 saturated heterocycles. The van der Waals surface area contributed by atoms with Crippen molar-refractivity contribution in [3.05, 3.63) is 17.7 Å². The largest absolute Gasteiger partial charge is 0.494 e. The lowest BCUT2D eigenvalue weighted by molar-refractivity contribution is -0.117. The van der Waals surface area contributed by atoms with E-state index < -0.39 is 5.60 Å². The fourth-order valence-electron chi connectivity index (χ4n) is 4.20. The van der Waals surface area contributed by atoms with Crippen LogP contribution < -0.4 is 10.1 Å². The van der Waals surface area contributed by atoms with Crippen LogP contribution in [-0.2, 0) is 9.53 Å². The smallest absolute Gasteiger partial charge is 0.240 e. The zero-order valence-electron chi connectivity index (χ0n) is 16.5. The molecule has 0 aliphatic carbocycles. The number of hydrogen-bond acceptors (Lipinski definition) is 6. The van der Waals surface area contributed by atoms with Gasteiger partial charge in [-0.3, -0.25) is 15.0 Å². The van der Waals surface area contributed by atoms with Crippen molar-refractivity contribution >= 4 is 22.9 Å². The number of imidazole rings is 1. The number of carbonyl (C=O) groups is 1. The minimum Gasteiger partial charge on any atom is -0.494 e. The number of methoxy groups -OCH3 is 1. The molecule has 0 spiro atoms. The van der Waals surface area contributed by atoms with E-state index in [0.717, 1.165) is 42.7 Å². The molecule has 8 nitrogen and oxygen atoms in total. The Morgan fingerprint density at radius 2 is 2.25 bits per heavy atom. The number of carbonyl (C=O) groups excluding carboxylic acids is 1. The molecular weight excluding hydrogens is 360 g/mol. The first-order valence-electron chi connectivity index (χ1n) is 9.84. The number of nitrogens with zero attached hydrogens (tertiary/aromatic N) is 2. The summed E-state index contributed by atoms with van der Waals surface area (Å²) in [5.41, 5.74) is 2.08. The molecule has 2 fully saturated rings. The molecule has 1 aromatic carbocycles. The maximum atomic E-state index is 12.5. The van der Waals surface area contributed by atoms with Crippen LogP contribution in [0.4, 0.5) is 5.95 Å². The van der Waals surface area contributed by atoms with Crippen molar-refractivity contribution in [3.63, 3.8) is 0 Å². The van der Waals surface area contributed by atoms with Crippen molar-refractivity contribution in [3.8, 4) is 5.75 Å². The molecule has 2 aromatic rings. The number of fused-ring (bicyclic) bond motifs is 1. The van der Waals surface area contributed by atoms with E-state index in [0.29, 0.717) is 37.1 Å². The number of aromatic nitrogens is 2. The molecule has 0 bridgehead atoms. The standard InChI is InChI=1S/C20H28N4O4/c1-20(26)7-8-24(12-20)11-16(25)21-19-22-17-14(13-5-9-28-10-6-13)3-4-15(27-2)18(17)23-19/h3-4,13,26H,5-12H2,1-2H3,(H2,21,22,23,25)/t20-/m1/s1. The van der Waals surface area contributed by atoms with E-state index >= 15 is 0 Å². The van der Waals surface area contributed by atoms with E-state index in [1.165, 1.54) is 0 Å². The van der Waals surface area contributed by atoms with E-state index in [-0.39, 0.29) is 12.5 Å². The summed E-state index contributed by atoms with van der Waals surface area (Å²) in [6.07, 6.45) is 2.60. The number of nitrogens with one attached hydrogen (secondary N) is 2.